The molecule has 5 aromatic rings. The van der Waals surface area contributed by atoms with Crippen LogP contribution in [0.25, 0.3) is 22.3 Å². The Balaban J connectivity index is 1.28. The number of aromatic nitrogens is 5. The van der Waals surface area contributed by atoms with Crippen molar-refractivity contribution >= 4 is 27.0 Å². The van der Waals surface area contributed by atoms with Crippen LogP contribution >= 0.6 is 0 Å². The molecule has 1 atom stereocenters. The summed E-state index contributed by atoms with van der Waals surface area (Å²) in [6.45, 7) is 2.22. The molecule has 1 fully saturated rings. The zero-order valence-corrected chi connectivity index (χ0v) is 25.6. The molecule has 0 saturated carbocycles. The predicted octanol–water partition coefficient (Wildman–Crippen LogP) is 4.32. The van der Waals surface area contributed by atoms with Crippen molar-refractivity contribution in [1.29, 1.82) is 5.26 Å². The smallest absolute Gasteiger partial charge is 0.314 e. The van der Waals surface area contributed by atoms with Gasteiger partial charge in [-0.2, -0.15) is 14.7 Å². The Kier molecular flexibility index (Phi) is 8.09. The van der Waals surface area contributed by atoms with Crippen LogP contribution in [0.3, 0.4) is 0 Å². The fraction of sp³-hybridized carbons (Fsp3) is 0.281. The van der Waals surface area contributed by atoms with Crippen molar-refractivity contribution in [1.82, 2.24) is 28.6 Å². The predicted molar refractivity (Wildman–Crippen MR) is 166 cm³/mol. The van der Waals surface area contributed by atoms with Gasteiger partial charge in [0.2, 0.25) is 10.0 Å². The van der Waals surface area contributed by atoms with Crippen molar-refractivity contribution in [2.45, 2.75) is 31.3 Å². The normalized spacial score (nSPS) is 15.2. The SMILES string of the molecule is CCS(=O)(=O)N1CC(CC#N)(n2cc(-c3ncnc4c3ccn4CC(C(=O)OC)c3cccc(Oc4ccccc4)c3)cn2)C1. The van der Waals surface area contributed by atoms with Crippen LogP contribution in [-0.2, 0) is 31.6 Å². The Labute approximate surface area is 260 Å². The molecule has 1 aliphatic heterocycles. The second-order valence-electron chi connectivity index (χ2n) is 10.9. The summed E-state index contributed by atoms with van der Waals surface area (Å²) < 4.78 is 40.8. The van der Waals surface area contributed by atoms with Crippen LogP contribution in [0, 0.1) is 11.3 Å². The quantitative estimate of drug-likeness (QED) is 0.196. The number of carbonyl (C=O) groups excluding carboxylic acids is 1. The molecule has 0 amide bonds. The lowest BCUT2D eigenvalue weighted by molar-refractivity contribution is -0.142. The number of benzene rings is 2. The third-order valence-electron chi connectivity index (χ3n) is 8.11. The zero-order chi connectivity index (χ0) is 31.6. The van der Waals surface area contributed by atoms with Crippen LogP contribution in [-0.4, -0.2) is 69.0 Å². The molecule has 45 heavy (non-hydrogen) atoms. The van der Waals surface area contributed by atoms with Crippen LogP contribution < -0.4 is 4.74 Å². The summed E-state index contributed by atoms with van der Waals surface area (Å²) in [5, 5.41) is 14.8. The lowest BCUT2D eigenvalue weighted by Crippen LogP contribution is -2.64. The largest absolute Gasteiger partial charge is 0.468 e. The molecule has 1 saturated heterocycles. The van der Waals surface area contributed by atoms with Gasteiger partial charge >= 0.3 is 5.97 Å². The molecule has 6 rings (SSSR count). The topological polar surface area (TPSA) is 145 Å². The summed E-state index contributed by atoms with van der Waals surface area (Å²) in [5.41, 5.74) is 1.93. The van der Waals surface area contributed by atoms with Gasteiger partial charge in [0.1, 0.15) is 29.0 Å². The highest BCUT2D eigenvalue weighted by Crippen LogP contribution is 2.36. The van der Waals surface area contributed by atoms with Gasteiger partial charge < -0.3 is 14.0 Å². The molecule has 0 bridgehead atoms. The fourth-order valence-electron chi connectivity index (χ4n) is 5.63. The van der Waals surface area contributed by atoms with Gasteiger partial charge in [-0.1, -0.05) is 30.3 Å². The first-order valence-corrected chi connectivity index (χ1v) is 16.0. The summed E-state index contributed by atoms with van der Waals surface area (Å²) in [7, 11) is -2.00. The standard InChI is InChI=1S/C32H31N7O5S/c1-3-45(41,42)38-20-32(21-38,13-14-33)39-18-24(17-36-39)29-27-12-15-37(30(27)35-22-34-29)19-28(31(40)43-2)23-8-7-11-26(16-23)44-25-9-5-4-6-10-25/h4-12,15-18,22,28H,3,13,19-21H2,1-2H3. The van der Waals surface area contributed by atoms with Crippen molar-refractivity contribution < 1.29 is 22.7 Å². The van der Waals surface area contributed by atoms with E-state index in [0.29, 0.717) is 28.4 Å². The van der Waals surface area contributed by atoms with E-state index in [9.17, 15) is 18.5 Å². The Hall–Kier alpha value is -5.06. The van der Waals surface area contributed by atoms with Crippen LogP contribution in [0.2, 0.25) is 0 Å². The van der Waals surface area contributed by atoms with E-state index in [1.54, 1.807) is 24.0 Å². The van der Waals surface area contributed by atoms with Crippen molar-refractivity contribution in [3.05, 3.63) is 91.1 Å². The number of hydrogen-bond donors (Lipinski definition) is 0. The first kappa shape index (κ1) is 30.0. The number of hydrogen-bond acceptors (Lipinski definition) is 9. The van der Waals surface area contributed by atoms with Gasteiger partial charge in [0.05, 0.1) is 43.2 Å². The minimum Gasteiger partial charge on any atom is -0.468 e. The first-order valence-electron chi connectivity index (χ1n) is 14.4. The Morgan fingerprint density at radius 2 is 1.87 bits per heavy atom. The number of nitrogens with zero attached hydrogens (tertiary/aromatic N) is 7. The Morgan fingerprint density at radius 1 is 1.09 bits per heavy atom. The van der Waals surface area contributed by atoms with Crippen molar-refractivity contribution in [3.8, 4) is 28.8 Å². The molecule has 0 spiro atoms. The van der Waals surface area contributed by atoms with Crippen molar-refractivity contribution in [2.24, 2.45) is 0 Å². The third-order valence-corrected chi connectivity index (χ3v) is 9.88. The molecule has 230 valence electrons. The summed E-state index contributed by atoms with van der Waals surface area (Å²) in [4.78, 5) is 22.1. The van der Waals surface area contributed by atoms with E-state index in [4.69, 9.17) is 9.47 Å². The second-order valence-corrected chi connectivity index (χ2v) is 13.2. The van der Waals surface area contributed by atoms with E-state index in [1.165, 1.54) is 17.7 Å². The van der Waals surface area contributed by atoms with Gasteiger partial charge in [0, 0.05) is 43.0 Å². The number of para-hydroxylation sites is 1. The number of ether oxygens (including phenoxy) is 2. The molecule has 3 aromatic heterocycles. The monoisotopic (exact) mass is 625 g/mol. The van der Waals surface area contributed by atoms with Gasteiger partial charge in [-0.25, -0.2) is 18.4 Å². The molecule has 0 aliphatic carbocycles. The Morgan fingerprint density at radius 3 is 2.60 bits per heavy atom. The number of methoxy groups -OCH3 is 1. The van der Waals surface area contributed by atoms with E-state index in [-0.39, 0.29) is 31.8 Å². The lowest BCUT2D eigenvalue weighted by Gasteiger charge is -2.47. The molecule has 1 unspecified atom stereocenters. The molecular formula is C32H31N7O5S. The van der Waals surface area contributed by atoms with Crippen LogP contribution in [0.5, 0.6) is 11.5 Å². The summed E-state index contributed by atoms with van der Waals surface area (Å²) in [6, 6.07) is 20.8. The molecule has 12 nitrogen and oxygen atoms in total. The highest BCUT2D eigenvalue weighted by Gasteiger charge is 2.49. The fourth-order valence-corrected chi connectivity index (χ4v) is 6.87. The van der Waals surface area contributed by atoms with E-state index in [2.05, 4.69) is 21.1 Å². The number of sulfonamides is 1. The maximum Gasteiger partial charge on any atom is 0.314 e. The van der Waals surface area contributed by atoms with Gasteiger partial charge in [-0.3, -0.25) is 9.48 Å². The third kappa shape index (κ3) is 5.77. The van der Waals surface area contributed by atoms with Gasteiger partial charge in [0.15, 0.2) is 0 Å². The number of rotatable bonds is 11. The maximum atomic E-state index is 13.0. The molecule has 2 aromatic carbocycles. The molecule has 4 heterocycles. The lowest BCUT2D eigenvalue weighted by atomic mass is 9.89. The number of fused-ring (bicyclic) bond motifs is 1. The van der Waals surface area contributed by atoms with Crippen LogP contribution in [0.1, 0.15) is 24.8 Å². The number of esters is 1. The minimum absolute atomic E-state index is 0.000364. The van der Waals surface area contributed by atoms with Crippen LogP contribution in [0.4, 0.5) is 0 Å². The first-order chi connectivity index (χ1) is 21.8. The highest BCUT2D eigenvalue weighted by atomic mass is 32.2. The molecule has 13 heteroatoms. The minimum atomic E-state index is -3.37. The number of nitriles is 1. The average Bonchev–Trinajstić information content (AvgIpc) is 3.69. The highest BCUT2D eigenvalue weighted by molar-refractivity contribution is 7.89. The van der Waals surface area contributed by atoms with Crippen LogP contribution in [0.15, 0.2) is 85.6 Å². The van der Waals surface area contributed by atoms with Crippen molar-refractivity contribution in [3.63, 3.8) is 0 Å². The van der Waals surface area contributed by atoms with E-state index in [1.807, 2.05) is 71.4 Å². The maximum absolute atomic E-state index is 13.0. The summed E-state index contributed by atoms with van der Waals surface area (Å²) in [5.74, 6) is 0.249. The van der Waals surface area contributed by atoms with Gasteiger partial charge in [-0.15, -0.1) is 0 Å². The van der Waals surface area contributed by atoms with Gasteiger partial charge in [0.25, 0.3) is 0 Å². The van der Waals surface area contributed by atoms with E-state index in [0.717, 1.165) is 10.9 Å². The molecule has 0 radical (unpaired) electrons. The zero-order valence-electron chi connectivity index (χ0n) is 24.8. The molecule has 1 aliphatic rings. The van der Waals surface area contributed by atoms with Gasteiger partial charge in [-0.05, 0) is 42.8 Å². The van der Waals surface area contributed by atoms with E-state index >= 15 is 0 Å². The summed E-state index contributed by atoms with van der Waals surface area (Å²) >= 11 is 0. The Bertz CT molecular complexity index is 1990. The molecular weight excluding hydrogens is 594 g/mol. The molecule has 0 N–H and O–H groups in total. The average molecular weight is 626 g/mol. The van der Waals surface area contributed by atoms with E-state index < -0.39 is 27.4 Å². The second kappa shape index (κ2) is 12.1. The summed E-state index contributed by atoms with van der Waals surface area (Å²) in [6.07, 6.45) is 6.87. The number of carbonyl (C=O) groups is 1. The van der Waals surface area contributed by atoms with Crippen molar-refractivity contribution in [2.75, 3.05) is 26.0 Å².